The van der Waals surface area contributed by atoms with Crippen LogP contribution >= 0.6 is 15.9 Å². The third-order valence-electron chi connectivity index (χ3n) is 1.96. The van der Waals surface area contributed by atoms with Crippen molar-refractivity contribution in [2.75, 3.05) is 0 Å². The van der Waals surface area contributed by atoms with Gasteiger partial charge in [0.15, 0.2) is 0 Å². The van der Waals surface area contributed by atoms with Crippen molar-refractivity contribution < 1.29 is 19.2 Å². The highest BCUT2D eigenvalue weighted by molar-refractivity contribution is 9.08. The summed E-state index contributed by atoms with van der Waals surface area (Å²) in [4.78, 5) is 20.2. The van der Waals surface area contributed by atoms with Crippen molar-refractivity contribution in [3.63, 3.8) is 0 Å². The van der Waals surface area contributed by atoms with Gasteiger partial charge in [0.25, 0.3) is 5.69 Å². The zero-order chi connectivity index (χ0) is 12.3. The number of carboxylic acid groups (broad SMARTS) is 1. The summed E-state index contributed by atoms with van der Waals surface area (Å²) >= 11 is 3.01. The average molecular weight is 292 g/mol. The topological polar surface area (TPSA) is 80.4 Å². The van der Waals surface area contributed by atoms with Gasteiger partial charge in [-0.25, -0.2) is 4.39 Å². The second-order valence-electron chi connectivity index (χ2n) is 3.03. The molecule has 16 heavy (non-hydrogen) atoms. The molecule has 0 aromatic heterocycles. The number of nitro benzene ring substituents is 1. The molecular formula is C9H7BrFNO4. The molecule has 86 valence electrons. The molecule has 0 bridgehead atoms. The zero-order valence-electron chi connectivity index (χ0n) is 7.94. The van der Waals surface area contributed by atoms with Gasteiger partial charge in [0, 0.05) is 17.0 Å². The summed E-state index contributed by atoms with van der Waals surface area (Å²) in [6.07, 6.45) is -0.445. The first kappa shape index (κ1) is 12.6. The SMILES string of the molecule is O=C(O)Cc1cc([N+](=O)[O-])cc(F)c1CBr. The van der Waals surface area contributed by atoms with Gasteiger partial charge in [-0.3, -0.25) is 14.9 Å². The summed E-state index contributed by atoms with van der Waals surface area (Å²) in [7, 11) is 0. The second kappa shape index (κ2) is 5.02. The lowest BCUT2D eigenvalue weighted by atomic mass is 10.0. The number of alkyl halides is 1. The van der Waals surface area contributed by atoms with Gasteiger partial charge in [-0.15, -0.1) is 0 Å². The van der Waals surface area contributed by atoms with Gasteiger partial charge in [0.2, 0.25) is 0 Å². The number of hydrogen-bond acceptors (Lipinski definition) is 3. The average Bonchev–Trinajstić information content (AvgIpc) is 2.16. The van der Waals surface area contributed by atoms with Gasteiger partial charge in [0.1, 0.15) is 5.82 Å². The molecule has 0 fully saturated rings. The minimum absolute atomic E-state index is 0.107. The van der Waals surface area contributed by atoms with E-state index in [9.17, 15) is 19.3 Å². The standard InChI is InChI=1S/C9H7BrFNO4/c10-4-7-5(2-9(13)14)1-6(12(15)16)3-8(7)11/h1,3H,2,4H2,(H,13,14). The Morgan fingerprint density at radius 3 is 2.62 bits per heavy atom. The van der Waals surface area contributed by atoms with Crippen molar-refractivity contribution >= 4 is 27.6 Å². The van der Waals surface area contributed by atoms with Gasteiger partial charge in [-0.1, -0.05) is 15.9 Å². The molecule has 0 atom stereocenters. The van der Waals surface area contributed by atoms with Crippen molar-refractivity contribution in [3.05, 3.63) is 39.2 Å². The predicted molar refractivity (Wildman–Crippen MR) is 57.0 cm³/mol. The van der Waals surface area contributed by atoms with E-state index < -0.39 is 28.8 Å². The van der Waals surface area contributed by atoms with E-state index in [1.165, 1.54) is 0 Å². The summed E-state index contributed by atoms with van der Waals surface area (Å²) in [5.74, 6) is -1.94. The molecule has 0 spiro atoms. The molecule has 0 radical (unpaired) electrons. The lowest BCUT2D eigenvalue weighted by Crippen LogP contribution is -2.06. The van der Waals surface area contributed by atoms with Crippen LogP contribution in [0.15, 0.2) is 12.1 Å². The Balaban J connectivity index is 3.30. The van der Waals surface area contributed by atoms with E-state index in [1.54, 1.807) is 0 Å². The van der Waals surface area contributed by atoms with E-state index in [2.05, 4.69) is 15.9 Å². The van der Waals surface area contributed by atoms with Crippen molar-refractivity contribution in [3.8, 4) is 0 Å². The number of nitro groups is 1. The number of benzene rings is 1. The first-order chi connectivity index (χ1) is 7.45. The molecule has 7 heteroatoms. The van der Waals surface area contributed by atoms with Crippen LogP contribution in [0.25, 0.3) is 0 Å². The lowest BCUT2D eigenvalue weighted by Gasteiger charge is -2.06. The number of nitrogens with zero attached hydrogens (tertiary/aromatic N) is 1. The summed E-state index contributed by atoms with van der Waals surface area (Å²) in [6, 6.07) is 1.86. The number of aliphatic carboxylic acids is 1. The van der Waals surface area contributed by atoms with Crippen LogP contribution in [0.2, 0.25) is 0 Å². The normalized spacial score (nSPS) is 10.1. The van der Waals surface area contributed by atoms with E-state index >= 15 is 0 Å². The molecule has 0 aliphatic carbocycles. The smallest absolute Gasteiger partial charge is 0.307 e. The molecule has 1 N–H and O–H groups in total. The highest BCUT2D eigenvalue weighted by Crippen LogP contribution is 2.24. The van der Waals surface area contributed by atoms with Crippen LogP contribution in [0.4, 0.5) is 10.1 Å². The Morgan fingerprint density at radius 2 is 2.19 bits per heavy atom. The van der Waals surface area contributed by atoms with Crippen LogP contribution < -0.4 is 0 Å². The molecule has 1 aromatic carbocycles. The Morgan fingerprint density at radius 1 is 1.56 bits per heavy atom. The maximum Gasteiger partial charge on any atom is 0.307 e. The Kier molecular flexibility index (Phi) is 3.94. The van der Waals surface area contributed by atoms with Gasteiger partial charge in [-0.2, -0.15) is 0 Å². The maximum absolute atomic E-state index is 13.4. The Labute approximate surface area is 98.2 Å². The number of hydrogen-bond donors (Lipinski definition) is 1. The van der Waals surface area contributed by atoms with Crippen LogP contribution in [-0.2, 0) is 16.5 Å². The number of carbonyl (C=O) groups is 1. The second-order valence-corrected chi connectivity index (χ2v) is 3.59. The number of halogens is 2. The summed E-state index contributed by atoms with van der Waals surface area (Å²) in [5.41, 5.74) is -0.206. The van der Waals surface area contributed by atoms with Crippen LogP contribution in [0.5, 0.6) is 0 Å². The van der Waals surface area contributed by atoms with Crippen molar-refractivity contribution in [2.24, 2.45) is 0 Å². The summed E-state index contributed by atoms with van der Waals surface area (Å²) in [6.45, 7) is 0. The maximum atomic E-state index is 13.4. The van der Waals surface area contributed by atoms with E-state index in [0.29, 0.717) is 0 Å². The predicted octanol–water partition coefficient (Wildman–Crippen LogP) is 2.26. The number of non-ortho nitro benzene ring substituents is 1. The molecule has 0 unspecified atom stereocenters. The first-order valence-electron chi connectivity index (χ1n) is 4.19. The molecule has 5 nitrogen and oxygen atoms in total. The fraction of sp³-hybridized carbons (Fsp3) is 0.222. The van der Waals surface area contributed by atoms with Crippen LogP contribution in [0, 0.1) is 15.9 Å². The molecule has 1 rings (SSSR count). The highest BCUT2D eigenvalue weighted by Gasteiger charge is 2.17. The van der Waals surface area contributed by atoms with E-state index in [-0.39, 0.29) is 16.5 Å². The van der Waals surface area contributed by atoms with Gasteiger partial charge < -0.3 is 5.11 Å². The Bertz CT molecular complexity index is 449. The minimum atomic E-state index is -1.16. The quantitative estimate of drug-likeness (QED) is 0.524. The molecule has 1 aromatic rings. The van der Waals surface area contributed by atoms with Gasteiger partial charge in [-0.05, 0) is 5.56 Å². The third kappa shape index (κ3) is 2.75. The zero-order valence-corrected chi connectivity index (χ0v) is 9.53. The largest absolute Gasteiger partial charge is 0.481 e. The van der Waals surface area contributed by atoms with Crippen molar-refractivity contribution in [1.82, 2.24) is 0 Å². The molecule has 0 aliphatic heterocycles. The molecule has 0 heterocycles. The fourth-order valence-electron chi connectivity index (χ4n) is 1.25. The fourth-order valence-corrected chi connectivity index (χ4v) is 1.88. The first-order valence-corrected chi connectivity index (χ1v) is 5.31. The van der Waals surface area contributed by atoms with E-state index in [4.69, 9.17) is 5.11 Å². The van der Waals surface area contributed by atoms with Crippen LogP contribution in [0.1, 0.15) is 11.1 Å². The summed E-state index contributed by atoms with van der Waals surface area (Å²) in [5, 5.41) is 19.2. The molecule has 0 aliphatic rings. The van der Waals surface area contributed by atoms with Gasteiger partial charge >= 0.3 is 5.97 Å². The summed E-state index contributed by atoms with van der Waals surface area (Å²) < 4.78 is 13.4. The van der Waals surface area contributed by atoms with E-state index in [0.717, 1.165) is 12.1 Å². The minimum Gasteiger partial charge on any atom is -0.481 e. The number of rotatable bonds is 4. The van der Waals surface area contributed by atoms with Crippen LogP contribution in [0.3, 0.4) is 0 Å². The lowest BCUT2D eigenvalue weighted by molar-refractivity contribution is -0.385. The Hall–Kier alpha value is -1.50. The molecule has 0 amide bonds. The van der Waals surface area contributed by atoms with Crippen molar-refractivity contribution in [1.29, 1.82) is 0 Å². The van der Waals surface area contributed by atoms with E-state index in [1.807, 2.05) is 0 Å². The van der Waals surface area contributed by atoms with Crippen molar-refractivity contribution in [2.45, 2.75) is 11.8 Å². The highest BCUT2D eigenvalue weighted by atomic mass is 79.9. The molecule has 0 saturated carbocycles. The van der Waals surface area contributed by atoms with Gasteiger partial charge in [0.05, 0.1) is 17.4 Å². The van der Waals surface area contributed by atoms with Crippen LogP contribution in [-0.4, -0.2) is 16.0 Å². The molecule has 0 saturated heterocycles. The number of carboxylic acids is 1. The third-order valence-corrected chi connectivity index (χ3v) is 2.52. The monoisotopic (exact) mass is 291 g/mol. The molecular weight excluding hydrogens is 285 g/mol.